The second-order valence-electron chi connectivity index (χ2n) is 5.75. The molecule has 0 aliphatic rings. The Morgan fingerprint density at radius 1 is 1.14 bits per heavy atom. The zero-order valence-electron chi connectivity index (χ0n) is 12.8. The Morgan fingerprint density at radius 2 is 1.73 bits per heavy atom. The second kappa shape index (κ2) is 6.44. The summed E-state index contributed by atoms with van der Waals surface area (Å²) in [5.74, 6) is -1.05. The third-order valence-corrected chi connectivity index (χ3v) is 4.22. The zero-order chi connectivity index (χ0) is 16.2. The number of carboxylic acid groups (broad SMARTS) is 1. The van der Waals surface area contributed by atoms with Gasteiger partial charge in [0.05, 0.1) is 11.6 Å². The van der Waals surface area contributed by atoms with Crippen molar-refractivity contribution in [3.63, 3.8) is 0 Å². The highest BCUT2D eigenvalue weighted by molar-refractivity contribution is 5.83. The number of hydrogen-bond donors (Lipinski definition) is 1. The van der Waals surface area contributed by atoms with Crippen LogP contribution in [0, 0.1) is 17.2 Å². The van der Waals surface area contributed by atoms with Crippen molar-refractivity contribution in [3.05, 3.63) is 71.3 Å². The molecule has 0 heterocycles. The summed E-state index contributed by atoms with van der Waals surface area (Å²) in [5.41, 5.74) is 0.845. The number of carboxylic acids is 1. The molecule has 0 bridgehead atoms. The molecule has 0 saturated carbocycles. The van der Waals surface area contributed by atoms with E-state index in [0.29, 0.717) is 17.5 Å². The van der Waals surface area contributed by atoms with E-state index in [1.54, 1.807) is 24.3 Å². The van der Waals surface area contributed by atoms with Crippen LogP contribution in [-0.2, 0) is 16.6 Å². The van der Waals surface area contributed by atoms with Crippen molar-refractivity contribution in [3.8, 4) is 6.07 Å². The number of nitriles is 1. The first-order valence-corrected chi connectivity index (χ1v) is 7.29. The number of carbonyl (C=O) groups is 1. The summed E-state index contributed by atoms with van der Waals surface area (Å²) in [4.78, 5) is 12.2. The van der Waals surface area contributed by atoms with E-state index >= 15 is 0 Å². The van der Waals surface area contributed by atoms with E-state index in [1.165, 1.54) is 0 Å². The topological polar surface area (TPSA) is 61.1 Å². The fourth-order valence-electron chi connectivity index (χ4n) is 2.94. The summed E-state index contributed by atoms with van der Waals surface area (Å²) in [6.45, 7) is 3.79. The minimum atomic E-state index is -1.12. The Labute approximate surface area is 130 Å². The lowest BCUT2D eigenvalue weighted by Gasteiger charge is -2.35. The van der Waals surface area contributed by atoms with Crippen LogP contribution in [-0.4, -0.2) is 11.1 Å². The van der Waals surface area contributed by atoms with Gasteiger partial charge in [-0.25, -0.2) is 0 Å². The van der Waals surface area contributed by atoms with Crippen molar-refractivity contribution in [2.45, 2.75) is 25.7 Å². The van der Waals surface area contributed by atoms with Gasteiger partial charge in [-0.2, -0.15) is 5.26 Å². The Balaban J connectivity index is 2.65. The summed E-state index contributed by atoms with van der Waals surface area (Å²) < 4.78 is 0. The molecule has 0 radical (unpaired) electrons. The van der Waals surface area contributed by atoms with E-state index in [0.717, 1.165) is 5.56 Å². The normalized spacial score (nSPS) is 13.4. The molecule has 2 aromatic carbocycles. The molecule has 1 unspecified atom stereocenters. The molecule has 0 aromatic heterocycles. The van der Waals surface area contributed by atoms with Crippen LogP contribution in [0.4, 0.5) is 0 Å². The van der Waals surface area contributed by atoms with Crippen molar-refractivity contribution >= 4 is 5.97 Å². The van der Waals surface area contributed by atoms with Gasteiger partial charge in [-0.1, -0.05) is 62.4 Å². The van der Waals surface area contributed by atoms with E-state index in [1.807, 2.05) is 44.2 Å². The summed E-state index contributed by atoms with van der Waals surface area (Å²) in [5, 5.41) is 19.4. The predicted octanol–water partition coefficient (Wildman–Crippen LogP) is 3.78. The molecule has 0 aliphatic carbocycles. The van der Waals surface area contributed by atoms with E-state index in [-0.39, 0.29) is 5.92 Å². The van der Waals surface area contributed by atoms with Crippen LogP contribution in [0.1, 0.15) is 30.5 Å². The molecule has 22 heavy (non-hydrogen) atoms. The lowest BCUT2D eigenvalue weighted by molar-refractivity contribution is -0.145. The second-order valence-corrected chi connectivity index (χ2v) is 5.75. The average Bonchev–Trinajstić information content (AvgIpc) is 2.53. The van der Waals surface area contributed by atoms with Gasteiger partial charge in [-0.15, -0.1) is 0 Å². The van der Waals surface area contributed by atoms with Crippen molar-refractivity contribution in [1.82, 2.24) is 0 Å². The molecule has 0 amide bonds. The molecule has 1 atom stereocenters. The summed E-state index contributed by atoms with van der Waals surface area (Å²) in [6, 6.07) is 18.7. The van der Waals surface area contributed by atoms with Gasteiger partial charge in [-0.05, 0) is 29.5 Å². The third-order valence-electron chi connectivity index (χ3n) is 4.22. The van der Waals surface area contributed by atoms with E-state index in [2.05, 4.69) is 6.07 Å². The fraction of sp³-hybridized carbons (Fsp3) is 0.263. The highest BCUT2D eigenvalue weighted by atomic mass is 16.4. The van der Waals surface area contributed by atoms with Crippen LogP contribution < -0.4 is 0 Å². The van der Waals surface area contributed by atoms with Crippen LogP contribution in [0.25, 0.3) is 0 Å². The average molecular weight is 293 g/mol. The molecule has 2 aromatic rings. The minimum Gasteiger partial charge on any atom is -0.481 e. The molecule has 0 fully saturated rings. The Hall–Kier alpha value is -2.60. The van der Waals surface area contributed by atoms with Crippen LogP contribution >= 0.6 is 0 Å². The van der Waals surface area contributed by atoms with Gasteiger partial charge in [0.1, 0.15) is 5.41 Å². The molecule has 0 saturated heterocycles. The van der Waals surface area contributed by atoms with Gasteiger partial charge in [0.25, 0.3) is 0 Å². The number of benzene rings is 2. The lowest BCUT2D eigenvalue weighted by Crippen LogP contribution is -2.43. The molecule has 1 N–H and O–H groups in total. The maximum Gasteiger partial charge on any atom is 0.314 e. The van der Waals surface area contributed by atoms with Gasteiger partial charge in [0.2, 0.25) is 0 Å². The maximum atomic E-state index is 12.2. The van der Waals surface area contributed by atoms with Crippen molar-refractivity contribution in [2.24, 2.45) is 5.92 Å². The summed E-state index contributed by atoms with van der Waals surface area (Å²) in [7, 11) is 0. The molecule has 0 spiro atoms. The van der Waals surface area contributed by atoms with Crippen molar-refractivity contribution in [2.75, 3.05) is 0 Å². The fourth-order valence-corrected chi connectivity index (χ4v) is 2.94. The first kappa shape index (κ1) is 15.8. The smallest absolute Gasteiger partial charge is 0.314 e. The summed E-state index contributed by atoms with van der Waals surface area (Å²) >= 11 is 0. The van der Waals surface area contributed by atoms with Crippen LogP contribution in [0.15, 0.2) is 54.6 Å². The van der Waals surface area contributed by atoms with Crippen LogP contribution in [0.5, 0.6) is 0 Å². The number of rotatable bonds is 5. The van der Waals surface area contributed by atoms with Gasteiger partial charge in [-0.3, -0.25) is 4.79 Å². The molecule has 2 rings (SSSR count). The first-order valence-electron chi connectivity index (χ1n) is 7.29. The van der Waals surface area contributed by atoms with Crippen LogP contribution in [0.3, 0.4) is 0 Å². The largest absolute Gasteiger partial charge is 0.481 e. The molecule has 0 aliphatic heterocycles. The highest BCUT2D eigenvalue weighted by Gasteiger charge is 2.44. The van der Waals surface area contributed by atoms with E-state index in [4.69, 9.17) is 0 Å². The van der Waals surface area contributed by atoms with Gasteiger partial charge < -0.3 is 5.11 Å². The SMILES string of the molecule is CC(C)C(Cc1ccccc1)(C(=O)O)c1ccccc1C#N. The quantitative estimate of drug-likeness (QED) is 0.912. The van der Waals surface area contributed by atoms with Crippen LogP contribution in [0.2, 0.25) is 0 Å². The molecule has 3 nitrogen and oxygen atoms in total. The standard InChI is InChI=1S/C19H19NO2/c1-14(2)19(18(21)22,12-15-8-4-3-5-9-15)17-11-7-6-10-16(17)13-20/h3-11,14H,12H2,1-2H3,(H,21,22). The molecule has 3 heteroatoms. The Bertz CT molecular complexity index is 701. The third kappa shape index (κ3) is 2.73. The van der Waals surface area contributed by atoms with Crippen molar-refractivity contribution < 1.29 is 9.90 Å². The monoisotopic (exact) mass is 293 g/mol. The molecular formula is C19H19NO2. The summed E-state index contributed by atoms with van der Waals surface area (Å²) in [6.07, 6.45) is 0.361. The van der Waals surface area contributed by atoms with E-state index < -0.39 is 11.4 Å². The zero-order valence-corrected chi connectivity index (χ0v) is 12.8. The van der Waals surface area contributed by atoms with Crippen molar-refractivity contribution in [1.29, 1.82) is 5.26 Å². The van der Waals surface area contributed by atoms with E-state index in [9.17, 15) is 15.2 Å². The Morgan fingerprint density at radius 3 is 2.27 bits per heavy atom. The van der Waals surface area contributed by atoms with Gasteiger partial charge >= 0.3 is 5.97 Å². The number of aliphatic carboxylic acids is 1. The van der Waals surface area contributed by atoms with Gasteiger partial charge in [0.15, 0.2) is 0 Å². The minimum absolute atomic E-state index is 0.153. The number of hydrogen-bond acceptors (Lipinski definition) is 2. The maximum absolute atomic E-state index is 12.2. The molecule has 112 valence electrons. The lowest BCUT2D eigenvalue weighted by atomic mass is 9.66. The number of nitrogens with zero attached hydrogens (tertiary/aromatic N) is 1. The predicted molar refractivity (Wildman–Crippen MR) is 85.5 cm³/mol. The first-order chi connectivity index (χ1) is 10.5. The molecular weight excluding hydrogens is 274 g/mol. The highest BCUT2D eigenvalue weighted by Crippen LogP contribution is 2.38. The Kier molecular flexibility index (Phi) is 4.62. The van der Waals surface area contributed by atoms with Gasteiger partial charge in [0, 0.05) is 0 Å².